The summed E-state index contributed by atoms with van der Waals surface area (Å²) in [5, 5.41) is 3.64. The molecule has 2 unspecified atom stereocenters. The summed E-state index contributed by atoms with van der Waals surface area (Å²) < 4.78 is 6.16. The zero-order chi connectivity index (χ0) is 11.7. The molecule has 2 heteroatoms. The summed E-state index contributed by atoms with van der Waals surface area (Å²) in [7, 11) is 0. The van der Waals surface area contributed by atoms with E-state index in [4.69, 9.17) is 4.74 Å². The Balaban J connectivity index is 1.77. The van der Waals surface area contributed by atoms with Crippen LogP contribution >= 0.6 is 0 Å². The van der Waals surface area contributed by atoms with E-state index in [1.165, 1.54) is 51.5 Å². The molecule has 0 aromatic heterocycles. The third-order valence-corrected chi connectivity index (χ3v) is 5.35. The van der Waals surface area contributed by atoms with Gasteiger partial charge in [-0.2, -0.15) is 0 Å². The van der Waals surface area contributed by atoms with Crippen LogP contribution in [0.25, 0.3) is 0 Å². The fraction of sp³-hybridized carbons (Fsp3) is 1.00. The lowest BCUT2D eigenvalue weighted by Crippen LogP contribution is -2.46. The van der Waals surface area contributed by atoms with Gasteiger partial charge in [0.25, 0.3) is 0 Å². The topological polar surface area (TPSA) is 21.3 Å². The molecule has 0 amide bonds. The monoisotopic (exact) mass is 237 g/mol. The molecule has 2 aliphatic carbocycles. The van der Waals surface area contributed by atoms with Crippen LogP contribution in [0.4, 0.5) is 0 Å². The number of hydrogen-bond donors (Lipinski definition) is 1. The predicted octanol–water partition coefficient (Wildman–Crippen LogP) is 2.97. The Kier molecular flexibility index (Phi) is 3.45. The van der Waals surface area contributed by atoms with Crippen LogP contribution in [0.15, 0.2) is 0 Å². The minimum absolute atomic E-state index is 0.494. The number of hydrogen-bond acceptors (Lipinski definition) is 2. The Hall–Kier alpha value is -0.0800. The molecule has 0 spiro atoms. The Labute approximate surface area is 105 Å². The van der Waals surface area contributed by atoms with E-state index in [0.29, 0.717) is 11.5 Å². The van der Waals surface area contributed by atoms with E-state index >= 15 is 0 Å². The van der Waals surface area contributed by atoms with Gasteiger partial charge < -0.3 is 10.1 Å². The maximum absolute atomic E-state index is 6.16. The molecule has 0 radical (unpaired) electrons. The molecule has 98 valence electrons. The molecular formula is C15H27NO. The van der Waals surface area contributed by atoms with E-state index < -0.39 is 0 Å². The molecule has 3 aliphatic rings. The molecule has 17 heavy (non-hydrogen) atoms. The van der Waals surface area contributed by atoms with Crippen molar-refractivity contribution in [1.29, 1.82) is 0 Å². The average Bonchev–Trinajstić information content (AvgIpc) is 2.89. The Morgan fingerprint density at radius 3 is 2.59 bits per heavy atom. The van der Waals surface area contributed by atoms with Gasteiger partial charge in [0.1, 0.15) is 0 Å². The predicted molar refractivity (Wildman–Crippen MR) is 70.0 cm³/mol. The van der Waals surface area contributed by atoms with Crippen molar-refractivity contribution >= 4 is 0 Å². The molecule has 1 saturated heterocycles. The van der Waals surface area contributed by atoms with Crippen molar-refractivity contribution in [2.75, 3.05) is 19.7 Å². The van der Waals surface area contributed by atoms with Gasteiger partial charge in [-0.15, -0.1) is 0 Å². The lowest BCUT2D eigenvalue weighted by molar-refractivity contribution is 0.000687. The van der Waals surface area contributed by atoms with Crippen LogP contribution in [-0.2, 0) is 4.74 Å². The van der Waals surface area contributed by atoms with Gasteiger partial charge in [0.15, 0.2) is 0 Å². The highest BCUT2D eigenvalue weighted by atomic mass is 16.5. The van der Waals surface area contributed by atoms with E-state index in [9.17, 15) is 0 Å². The standard InChI is InChI=1S/C15H27NO/c1-2-16-11-15(13-5-3-4-6-13)9-10-17-14(15)12-7-8-12/h12-14,16H,2-11H2,1H3. The fourth-order valence-corrected chi connectivity index (χ4v) is 4.32. The third kappa shape index (κ3) is 2.15. The SMILES string of the molecule is CCNCC1(C2CCCC2)CCOC1C1CC1. The molecule has 1 heterocycles. The summed E-state index contributed by atoms with van der Waals surface area (Å²) in [6.45, 7) is 5.55. The molecule has 3 rings (SSSR count). The molecule has 1 aliphatic heterocycles. The van der Waals surface area contributed by atoms with Crippen molar-refractivity contribution in [2.24, 2.45) is 17.3 Å². The highest BCUT2D eigenvalue weighted by Gasteiger charge is 2.54. The minimum atomic E-state index is 0.494. The van der Waals surface area contributed by atoms with Crippen LogP contribution in [0.3, 0.4) is 0 Å². The Morgan fingerprint density at radius 2 is 1.94 bits per heavy atom. The van der Waals surface area contributed by atoms with Crippen LogP contribution in [0.5, 0.6) is 0 Å². The first-order chi connectivity index (χ1) is 8.37. The highest BCUT2D eigenvalue weighted by molar-refractivity contribution is 5.04. The Morgan fingerprint density at radius 1 is 1.18 bits per heavy atom. The van der Waals surface area contributed by atoms with Crippen molar-refractivity contribution < 1.29 is 4.74 Å². The number of ether oxygens (including phenoxy) is 1. The summed E-state index contributed by atoms with van der Waals surface area (Å²) in [5.41, 5.74) is 0.494. The molecule has 2 atom stereocenters. The fourth-order valence-electron chi connectivity index (χ4n) is 4.32. The van der Waals surface area contributed by atoms with Gasteiger partial charge in [-0.25, -0.2) is 0 Å². The van der Waals surface area contributed by atoms with Gasteiger partial charge in [-0.1, -0.05) is 19.8 Å². The second-order valence-electron chi connectivity index (χ2n) is 6.37. The third-order valence-electron chi connectivity index (χ3n) is 5.35. The minimum Gasteiger partial charge on any atom is -0.377 e. The summed E-state index contributed by atoms with van der Waals surface area (Å²) >= 11 is 0. The second kappa shape index (κ2) is 4.89. The lowest BCUT2D eigenvalue weighted by atomic mass is 9.68. The molecular weight excluding hydrogens is 210 g/mol. The maximum Gasteiger partial charge on any atom is 0.0675 e. The van der Waals surface area contributed by atoms with Gasteiger partial charge in [0.05, 0.1) is 6.10 Å². The highest BCUT2D eigenvalue weighted by Crippen LogP contribution is 2.54. The van der Waals surface area contributed by atoms with Crippen LogP contribution in [0.1, 0.15) is 51.9 Å². The van der Waals surface area contributed by atoms with Crippen molar-refractivity contribution in [1.82, 2.24) is 5.32 Å². The molecule has 3 fully saturated rings. The molecule has 0 aromatic carbocycles. The average molecular weight is 237 g/mol. The number of rotatable bonds is 5. The first-order valence-electron chi connectivity index (χ1n) is 7.69. The Bertz CT molecular complexity index is 258. The first-order valence-corrected chi connectivity index (χ1v) is 7.69. The van der Waals surface area contributed by atoms with Gasteiger partial charge in [0, 0.05) is 18.6 Å². The summed E-state index contributed by atoms with van der Waals surface area (Å²) in [4.78, 5) is 0. The first kappa shape index (κ1) is 12.0. The van der Waals surface area contributed by atoms with Crippen molar-refractivity contribution in [3.05, 3.63) is 0 Å². The molecule has 0 bridgehead atoms. The molecule has 2 nitrogen and oxygen atoms in total. The van der Waals surface area contributed by atoms with Gasteiger partial charge in [-0.05, 0) is 50.5 Å². The van der Waals surface area contributed by atoms with E-state index in [0.717, 1.165) is 25.0 Å². The second-order valence-corrected chi connectivity index (χ2v) is 6.37. The van der Waals surface area contributed by atoms with Gasteiger partial charge in [-0.3, -0.25) is 0 Å². The lowest BCUT2D eigenvalue weighted by Gasteiger charge is -2.40. The molecule has 1 N–H and O–H groups in total. The van der Waals surface area contributed by atoms with E-state index in [-0.39, 0.29) is 0 Å². The van der Waals surface area contributed by atoms with E-state index in [1.807, 2.05) is 0 Å². The van der Waals surface area contributed by atoms with Crippen LogP contribution in [0.2, 0.25) is 0 Å². The molecule has 0 aromatic rings. The van der Waals surface area contributed by atoms with E-state index in [1.54, 1.807) is 0 Å². The van der Waals surface area contributed by atoms with Crippen molar-refractivity contribution in [3.8, 4) is 0 Å². The van der Waals surface area contributed by atoms with Gasteiger partial charge >= 0.3 is 0 Å². The summed E-state index contributed by atoms with van der Waals surface area (Å²) in [6, 6.07) is 0. The largest absolute Gasteiger partial charge is 0.377 e. The smallest absolute Gasteiger partial charge is 0.0675 e. The normalized spacial score (nSPS) is 39.0. The van der Waals surface area contributed by atoms with Crippen molar-refractivity contribution in [3.63, 3.8) is 0 Å². The van der Waals surface area contributed by atoms with Gasteiger partial charge in [0.2, 0.25) is 0 Å². The number of nitrogens with one attached hydrogen (secondary N) is 1. The van der Waals surface area contributed by atoms with Crippen molar-refractivity contribution in [2.45, 2.75) is 58.0 Å². The van der Waals surface area contributed by atoms with Crippen LogP contribution < -0.4 is 5.32 Å². The summed E-state index contributed by atoms with van der Waals surface area (Å²) in [6.07, 6.45) is 10.6. The van der Waals surface area contributed by atoms with E-state index in [2.05, 4.69) is 12.2 Å². The zero-order valence-corrected chi connectivity index (χ0v) is 11.2. The summed E-state index contributed by atoms with van der Waals surface area (Å²) in [5.74, 6) is 1.84. The zero-order valence-electron chi connectivity index (χ0n) is 11.2. The quantitative estimate of drug-likeness (QED) is 0.793. The van der Waals surface area contributed by atoms with Crippen LogP contribution in [0, 0.1) is 17.3 Å². The van der Waals surface area contributed by atoms with Crippen LogP contribution in [-0.4, -0.2) is 25.8 Å². The maximum atomic E-state index is 6.16. The molecule has 2 saturated carbocycles.